The Morgan fingerprint density at radius 3 is 1.58 bits per heavy atom. The molecule has 0 amide bonds. The first-order valence-corrected chi connectivity index (χ1v) is 9.75. The molecule has 5 rings (SSSR count). The summed E-state index contributed by atoms with van der Waals surface area (Å²) < 4.78 is 0. The van der Waals surface area contributed by atoms with E-state index in [9.17, 15) is 0 Å². The number of fused-ring (bicyclic) bond motifs is 2. The van der Waals surface area contributed by atoms with Crippen LogP contribution in [0.3, 0.4) is 0 Å². The van der Waals surface area contributed by atoms with Crippen molar-refractivity contribution in [1.29, 1.82) is 0 Å². The molecule has 5 aromatic rings. The Balaban J connectivity index is 2.00. The molecule has 0 unspecified atom stereocenters. The maximum atomic E-state index is 2.26. The largest absolute Gasteiger partial charge is 0.144 e. The first-order valence-electron chi connectivity index (χ1n) is 8.87. The van der Waals surface area contributed by atoms with Crippen molar-refractivity contribution in [2.45, 2.75) is 6.92 Å². The fourth-order valence-corrected chi connectivity index (χ4v) is 4.64. The van der Waals surface area contributed by atoms with Crippen molar-refractivity contribution in [3.05, 3.63) is 95.9 Å². The Morgan fingerprint density at radius 2 is 1.08 bits per heavy atom. The molecule has 0 bridgehead atoms. The first-order chi connectivity index (χ1) is 12.8. The Labute approximate surface area is 157 Å². The van der Waals surface area contributed by atoms with Gasteiger partial charge in [-0.2, -0.15) is 0 Å². The average Bonchev–Trinajstić information content (AvgIpc) is 3.21. The zero-order valence-electron chi connectivity index (χ0n) is 14.6. The molecule has 26 heavy (non-hydrogen) atoms. The van der Waals surface area contributed by atoms with Gasteiger partial charge in [-0.25, -0.2) is 0 Å². The van der Waals surface area contributed by atoms with Crippen molar-refractivity contribution in [2.24, 2.45) is 0 Å². The SMILES string of the molecule is Cc1ccc(-c2c3ccccc3c(-c3cccs3)c3ccccc23)cc1. The average molecular weight is 350 g/mol. The van der Waals surface area contributed by atoms with E-state index in [4.69, 9.17) is 0 Å². The van der Waals surface area contributed by atoms with Gasteiger partial charge < -0.3 is 0 Å². The van der Waals surface area contributed by atoms with Crippen molar-refractivity contribution in [1.82, 2.24) is 0 Å². The predicted octanol–water partition coefficient (Wildman–Crippen LogP) is 7.70. The van der Waals surface area contributed by atoms with Crippen LogP contribution in [0, 0.1) is 6.92 Å². The summed E-state index contributed by atoms with van der Waals surface area (Å²) in [5.74, 6) is 0. The van der Waals surface area contributed by atoms with E-state index in [-0.39, 0.29) is 0 Å². The second-order valence-corrected chi connectivity index (χ2v) is 7.63. The lowest BCUT2D eigenvalue weighted by Gasteiger charge is -2.16. The van der Waals surface area contributed by atoms with Gasteiger partial charge in [0.15, 0.2) is 0 Å². The van der Waals surface area contributed by atoms with Crippen LogP contribution >= 0.6 is 11.3 Å². The Morgan fingerprint density at radius 1 is 0.538 bits per heavy atom. The standard InChI is InChI=1S/C25H18S/c1-17-12-14-18(15-13-17)24-19-7-2-4-9-21(19)25(23-11-6-16-26-23)22-10-5-3-8-20(22)24/h2-16H,1H3. The van der Waals surface area contributed by atoms with E-state index < -0.39 is 0 Å². The molecule has 1 heterocycles. The van der Waals surface area contributed by atoms with Gasteiger partial charge in [0.05, 0.1) is 0 Å². The molecule has 0 aliphatic rings. The van der Waals surface area contributed by atoms with Gasteiger partial charge >= 0.3 is 0 Å². The third-order valence-electron chi connectivity index (χ3n) is 5.04. The highest BCUT2D eigenvalue weighted by Gasteiger charge is 2.16. The van der Waals surface area contributed by atoms with Crippen molar-refractivity contribution in [3.8, 4) is 21.6 Å². The van der Waals surface area contributed by atoms with Crippen LogP contribution in [0.25, 0.3) is 43.1 Å². The summed E-state index contributed by atoms with van der Waals surface area (Å²) >= 11 is 1.81. The molecule has 0 spiro atoms. The summed E-state index contributed by atoms with van der Waals surface area (Å²) in [6, 6.07) is 30.9. The molecule has 0 nitrogen and oxygen atoms in total. The number of benzene rings is 4. The van der Waals surface area contributed by atoms with Crippen LogP contribution in [-0.4, -0.2) is 0 Å². The minimum atomic E-state index is 1.28. The molecule has 0 radical (unpaired) electrons. The van der Waals surface area contributed by atoms with Gasteiger partial charge in [0.25, 0.3) is 0 Å². The van der Waals surface area contributed by atoms with Gasteiger partial charge in [-0.1, -0.05) is 84.4 Å². The number of rotatable bonds is 2. The summed E-state index contributed by atoms with van der Waals surface area (Å²) in [7, 11) is 0. The van der Waals surface area contributed by atoms with E-state index in [1.807, 2.05) is 11.3 Å². The van der Waals surface area contributed by atoms with E-state index in [0.29, 0.717) is 0 Å². The molecule has 4 aromatic carbocycles. The van der Waals surface area contributed by atoms with E-state index in [0.717, 1.165) is 0 Å². The van der Waals surface area contributed by atoms with Gasteiger partial charge in [-0.3, -0.25) is 0 Å². The zero-order chi connectivity index (χ0) is 17.5. The molecule has 0 atom stereocenters. The van der Waals surface area contributed by atoms with Crippen LogP contribution in [-0.2, 0) is 0 Å². The van der Waals surface area contributed by atoms with Crippen LogP contribution in [0.15, 0.2) is 90.3 Å². The molecule has 124 valence electrons. The lowest BCUT2D eigenvalue weighted by atomic mass is 9.88. The van der Waals surface area contributed by atoms with E-state index in [2.05, 4.69) is 97.2 Å². The summed E-state index contributed by atoms with van der Waals surface area (Å²) in [5.41, 5.74) is 5.25. The van der Waals surface area contributed by atoms with Crippen molar-refractivity contribution in [3.63, 3.8) is 0 Å². The van der Waals surface area contributed by atoms with Gasteiger partial charge in [0.2, 0.25) is 0 Å². The molecule has 0 aliphatic carbocycles. The molecular formula is C25H18S. The van der Waals surface area contributed by atoms with Gasteiger partial charge in [-0.05, 0) is 51.0 Å². The second-order valence-electron chi connectivity index (χ2n) is 6.68. The summed E-state index contributed by atoms with van der Waals surface area (Å²) in [5, 5.41) is 7.44. The van der Waals surface area contributed by atoms with Gasteiger partial charge in [0.1, 0.15) is 0 Å². The molecule has 0 aliphatic heterocycles. The van der Waals surface area contributed by atoms with E-state index >= 15 is 0 Å². The number of aryl methyl sites for hydroxylation is 1. The first kappa shape index (κ1) is 15.4. The minimum Gasteiger partial charge on any atom is -0.144 e. The fourth-order valence-electron chi connectivity index (χ4n) is 3.85. The zero-order valence-corrected chi connectivity index (χ0v) is 15.4. The summed E-state index contributed by atoms with van der Waals surface area (Å²) in [4.78, 5) is 1.33. The Kier molecular flexibility index (Phi) is 3.62. The maximum Gasteiger partial charge on any atom is 0.0355 e. The molecule has 1 heteroatoms. The van der Waals surface area contributed by atoms with Crippen molar-refractivity contribution in [2.75, 3.05) is 0 Å². The topological polar surface area (TPSA) is 0 Å². The lowest BCUT2D eigenvalue weighted by molar-refractivity contribution is 1.47. The third-order valence-corrected chi connectivity index (χ3v) is 5.93. The predicted molar refractivity (Wildman–Crippen MR) is 115 cm³/mol. The molecule has 0 saturated carbocycles. The van der Waals surface area contributed by atoms with Crippen LogP contribution < -0.4 is 0 Å². The van der Waals surface area contributed by atoms with Crippen LogP contribution in [0.5, 0.6) is 0 Å². The molecule has 0 N–H and O–H groups in total. The quantitative estimate of drug-likeness (QED) is 0.286. The molecule has 0 fully saturated rings. The number of hydrogen-bond acceptors (Lipinski definition) is 1. The van der Waals surface area contributed by atoms with Crippen LogP contribution in [0.2, 0.25) is 0 Å². The normalized spacial score (nSPS) is 11.3. The highest BCUT2D eigenvalue weighted by molar-refractivity contribution is 7.13. The smallest absolute Gasteiger partial charge is 0.0355 e. The van der Waals surface area contributed by atoms with Crippen molar-refractivity contribution < 1.29 is 0 Å². The number of thiophene rings is 1. The van der Waals surface area contributed by atoms with Crippen molar-refractivity contribution >= 4 is 32.9 Å². The summed E-state index contributed by atoms with van der Waals surface area (Å²) in [6.45, 7) is 2.14. The second kappa shape index (κ2) is 6.12. The van der Waals surface area contributed by atoms with Gasteiger partial charge in [0, 0.05) is 10.4 Å². The van der Waals surface area contributed by atoms with Crippen LogP contribution in [0.1, 0.15) is 5.56 Å². The molecule has 0 saturated heterocycles. The van der Waals surface area contributed by atoms with E-state index in [1.165, 1.54) is 48.7 Å². The fraction of sp³-hybridized carbons (Fsp3) is 0.0400. The highest BCUT2D eigenvalue weighted by atomic mass is 32.1. The monoisotopic (exact) mass is 350 g/mol. The van der Waals surface area contributed by atoms with Gasteiger partial charge in [-0.15, -0.1) is 11.3 Å². The highest BCUT2D eigenvalue weighted by Crippen LogP contribution is 2.44. The lowest BCUT2D eigenvalue weighted by Crippen LogP contribution is -1.89. The maximum absolute atomic E-state index is 2.26. The van der Waals surface area contributed by atoms with Crippen LogP contribution in [0.4, 0.5) is 0 Å². The molecule has 1 aromatic heterocycles. The Bertz CT molecular complexity index is 1160. The molecular weight excluding hydrogens is 332 g/mol. The van der Waals surface area contributed by atoms with E-state index in [1.54, 1.807) is 0 Å². The summed E-state index contributed by atoms with van der Waals surface area (Å²) in [6.07, 6.45) is 0. The minimum absolute atomic E-state index is 1.28. The Hall–Kier alpha value is -2.90. The number of hydrogen-bond donors (Lipinski definition) is 0. The third kappa shape index (κ3) is 2.36.